The molecule has 2 amide bonds. The minimum atomic E-state index is -0.702. The Hall–Kier alpha value is -2.53. The SMILES string of the molecule is CCCCCCOc1ccc(CN2C(=O)C(NC(C)=O)c3cccc(Cl)c32)cc1. The van der Waals surface area contributed by atoms with Crippen molar-refractivity contribution in [3.63, 3.8) is 0 Å². The minimum absolute atomic E-state index is 0.181. The highest BCUT2D eigenvalue weighted by molar-refractivity contribution is 6.34. The molecule has 0 bridgehead atoms. The Morgan fingerprint density at radius 3 is 2.59 bits per heavy atom. The molecule has 6 heteroatoms. The number of halogens is 1. The van der Waals surface area contributed by atoms with Gasteiger partial charge in [-0.1, -0.05) is 62.1 Å². The Labute approximate surface area is 177 Å². The Morgan fingerprint density at radius 2 is 1.90 bits per heavy atom. The van der Waals surface area contributed by atoms with Crippen molar-refractivity contribution in [2.45, 2.75) is 52.1 Å². The highest BCUT2D eigenvalue weighted by Crippen LogP contribution is 2.41. The van der Waals surface area contributed by atoms with Gasteiger partial charge >= 0.3 is 0 Å². The summed E-state index contributed by atoms with van der Waals surface area (Å²) in [5.41, 5.74) is 2.35. The van der Waals surface area contributed by atoms with Crippen molar-refractivity contribution in [3.8, 4) is 5.75 Å². The van der Waals surface area contributed by atoms with E-state index in [9.17, 15) is 9.59 Å². The van der Waals surface area contributed by atoms with Gasteiger partial charge in [0.05, 0.1) is 23.9 Å². The van der Waals surface area contributed by atoms with Crippen molar-refractivity contribution < 1.29 is 14.3 Å². The number of anilines is 1. The molecule has 1 unspecified atom stereocenters. The average Bonchev–Trinajstić information content (AvgIpc) is 2.95. The summed E-state index contributed by atoms with van der Waals surface area (Å²) in [6.45, 7) is 4.68. The van der Waals surface area contributed by atoms with Crippen molar-refractivity contribution >= 4 is 29.1 Å². The van der Waals surface area contributed by atoms with E-state index in [1.165, 1.54) is 26.2 Å². The van der Waals surface area contributed by atoms with E-state index in [1.54, 1.807) is 17.0 Å². The molecule has 2 aromatic rings. The van der Waals surface area contributed by atoms with Gasteiger partial charge in [-0.05, 0) is 30.2 Å². The number of benzene rings is 2. The fraction of sp³-hybridized carbons (Fsp3) is 0.391. The van der Waals surface area contributed by atoms with E-state index >= 15 is 0 Å². The van der Waals surface area contributed by atoms with Gasteiger partial charge < -0.3 is 15.0 Å². The third-order valence-corrected chi connectivity index (χ3v) is 5.30. The van der Waals surface area contributed by atoms with Crippen LogP contribution in [0.5, 0.6) is 5.75 Å². The number of ether oxygens (including phenoxy) is 1. The number of hydrogen-bond donors (Lipinski definition) is 1. The number of nitrogens with zero attached hydrogens (tertiary/aromatic N) is 1. The third-order valence-electron chi connectivity index (χ3n) is 4.99. The van der Waals surface area contributed by atoms with Gasteiger partial charge in [0.25, 0.3) is 5.91 Å². The molecule has 0 radical (unpaired) electrons. The summed E-state index contributed by atoms with van der Waals surface area (Å²) in [6, 6.07) is 12.4. The van der Waals surface area contributed by atoms with Gasteiger partial charge in [-0.15, -0.1) is 0 Å². The summed E-state index contributed by atoms with van der Waals surface area (Å²) in [5.74, 6) is 0.392. The Kier molecular flexibility index (Phi) is 7.15. The second-order valence-electron chi connectivity index (χ2n) is 7.29. The van der Waals surface area contributed by atoms with Crippen LogP contribution >= 0.6 is 11.6 Å². The number of para-hydroxylation sites is 1. The molecule has 5 nitrogen and oxygen atoms in total. The van der Waals surface area contributed by atoms with Crippen molar-refractivity contribution in [1.29, 1.82) is 0 Å². The molecule has 0 saturated heterocycles. The molecule has 1 aliphatic rings. The first-order chi connectivity index (χ1) is 14.0. The molecule has 0 saturated carbocycles. The lowest BCUT2D eigenvalue weighted by Gasteiger charge is -2.19. The molecule has 1 aliphatic heterocycles. The molecule has 0 spiro atoms. The molecule has 0 fully saturated rings. The number of hydrogen-bond acceptors (Lipinski definition) is 3. The zero-order valence-corrected chi connectivity index (χ0v) is 17.7. The summed E-state index contributed by atoms with van der Waals surface area (Å²) in [5, 5.41) is 3.22. The van der Waals surface area contributed by atoms with E-state index in [2.05, 4.69) is 12.2 Å². The van der Waals surface area contributed by atoms with Gasteiger partial charge in [-0.3, -0.25) is 9.59 Å². The Morgan fingerprint density at radius 1 is 1.14 bits per heavy atom. The van der Waals surface area contributed by atoms with Crippen molar-refractivity contribution in [2.75, 3.05) is 11.5 Å². The number of unbranched alkanes of at least 4 members (excludes halogenated alkanes) is 3. The fourth-order valence-corrected chi connectivity index (χ4v) is 3.82. The van der Waals surface area contributed by atoms with E-state index in [0.717, 1.165) is 23.3 Å². The molecular formula is C23H27ClN2O3. The normalized spacial score (nSPS) is 15.3. The number of amides is 2. The van der Waals surface area contributed by atoms with Crippen molar-refractivity contribution in [1.82, 2.24) is 5.32 Å². The summed E-state index contributed by atoms with van der Waals surface area (Å²) >= 11 is 6.39. The number of nitrogens with one attached hydrogen (secondary N) is 1. The van der Waals surface area contributed by atoms with Crippen LogP contribution in [0.4, 0.5) is 5.69 Å². The van der Waals surface area contributed by atoms with Crippen LogP contribution in [0.2, 0.25) is 5.02 Å². The zero-order chi connectivity index (χ0) is 20.8. The highest BCUT2D eigenvalue weighted by Gasteiger charge is 2.39. The molecule has 2 aromatic carbocycles. The Balaban J connectivity index is 1.70. The minimum Gasteiger partial charge on any atom is -0.494 e. The van der Waals surface area contributed by atoms with Crippen molar-refractivity contribution in [2.24, 2.45) is 0 Å². The van der Waals surface area contributed by atoms with Gasteiger partial charge in [-0.2, -0.15) is 0 Å². The van der Waals surface area contributed by atoms with Gasteiger partial charge in [0.15, 0.2) is 0 Å². The molecule has 1 atom stereocenters. The van der Waals surface area contributed by atoms with Gasteiger partial charge in [-0.25, -0.2) is 0 Å². The number of carbonyl (C=O) groups is 2. The number of carbonyl (C=O) groups excluding carboxylic acids is 2. The monoisotopic (exact) mass is 414 g/mol. The topological polar surface area (TPSA) is 58.6 Å². The first-order valence-corrected chi connectivity index (χ1v) is 10.5. The van der Waals surface area contributed by atoms with Crippen LogP contribution in [-0.4, -0.2) is 18.4 Å². The van der Waals surface area contributed by atoms with E-state index in [-0.39, 0.29) is 11.8 Å². The first-order valence-electron chi connectivity index (χ1n) is 10.1. The smallest absolute Gasteiger partial charge is 0.254 e. The van der Waals surface area contributed by atoms with Crippen LogP contribution in [0.25, 0.3) is 0 Å². The van der Waals surface area contributed by atoms with Crippen LogP contribution in [0.15, 0.2) is 42.5 Å². The maximum absolute atomic E-state index is 13.0. The third kappa shape index (κ3) is 5.10. The van der Waals surface area contributed by atoms with Crippen LogP contribution in [0.3, 0.4) is 0 Å². The largest absolute Gasteiger partial charge is 0.494 e. The van der Waals surface area contributed by atoms with Crippen LogP contribution in [0.1, 0.15) is 56.7 Å². The predicted molar refractivity (Wildman–Crippen MR) is 115 cm³/mol. The van der Waals surface area contributed by atoms with E-state index in [1.807, 2.05) is 30.3 Å². The maximum atomic E-state index is 13.0. The summed E-state index contributed by atoms with van der Waals surface area (Å²) < 4.78 is 5.79. The van der Waals surface area contributed by atoms with E-state index < -0.39 is 6.04 Å². The van der Waals surface area contributed by atoms with Crippen LogP contribution in [0, 0.1) is 0 Å². The molecule has 1 heterocycles. The molecule has 3 rings (SSSR count). The molecular weight excluding hydrogens is 388 g/mol. The van der Waals surface area contributed by atoms with Crippen LogP contribution < -0.4 is 15.0 Å². The molecule has 1 N–H and O–H groups in total. The fourth-order valence-electron chi connectivity index (χ4n) is 3.54. The van der Waals surface area contributed by atoms with Crippen LogP contribution in [-0.2, 0) is 16.1 Å². The van der Waals surface area contributed by atoms with E-state index in [0.29, 0.717) is 23.9 Å². The molecule has 154 valence electrons. The lowest BCUT2D eigenvalue weighted by atomic mass is 10.1. The molecule has 29 heavy (non-hydrogen) atoms. The summed E-state index contributed by atoms with van der Waals surface area (Å²) in [4.78, 5) is 26.2. The van der Waals surface area contributed by atoms with Gasteiger partial charge in [0.2, 0.25) is 5.91 Å². The summed E-state index contributed by atoms with van der Waals surface area (Å²) in [7, 11) is 0. The average molecular weight is 415 g/mol. The maximum Gasteiger partial charge on any atom is 0.254 e. The lowest BCUT2D eigenvalue weighted by Crippen LogP contribution is -2.36. The lowest BCUT2D eigenvalue weighted by molar-refractivity contribution is -0.126. The second-order valence-corrected chi connectivity index (χ2v) is 7.70. The molecule has 0 aliphatic carbocycles. The highest BCUT2D eigenvalue weighted by atomic mass is 35.5. The van der Waals surface area contributed by atoms with Gasteiger partial charge in [0.1, 0.15) is 11.8 Å². The molecule has 0 aromatic heterocycles. The first kappa shape index (κ1) is 21.2. The summed E-state index contributed by atoms with van der Waals surface area (Å²) in [6.07, 6.45) is 4.68. The zero-order valence-electron chi connectivity index (χ0n) is 16.9. The predicted octanol–water partition coefficient (Wildman–Crippen LogP) is 5.02. The quantitative estimate of drug-likeness (QED) is 0.586. The number of rotatable bonds is 9. The van der Waals surface area contributed by atoms with Crippen molar-refractivity contribution in [3.05, 3.63) is 58.6 Å². The number of fused-ring (bicyclic) bond motifs is 1. The van der Waals surface area contributed by atoms with E-state index in [4.69, 9.17) is 16.3 Å². The second kappa shape index (κ2) is 9.79. The van der Waals surface area contributed by atoms with Gasteiger partial charge in [0, 0.05) is 12.5 Å². The Bertz CT molecular complexity index is 867. The standard InChI is InChI=1S/C23H27ClN2O3/c1-3-4-5-6-14-29-18-12-10-17(11-13-18)15-26-22-19(8-7-9-20(22)24)21(23(26)28)25-16(2)27/h7-13,21H,3-6,14-15H2,1-2H3,(H,25,27).